The molecule has 24 heavy (non-hydrogen) atoms. The molecule has 0 amide bonds. The van der Waals surface area contributed by atoms with E-state index < -0.39 is 0 Å². The van der Waals surface area contributed by atoms with E-state index in [-0.39, 0.29) is 11.9 Å². The van der Waals surface area contributed by atoms with Crippen LogP contribution in [0.2, 0.25) is 0 Å². The first-order chi connectivity index (χ1) is 11.8. The molecule has 2 aromatic rings. The van der Waals surface area contributed by atoms with E-state index in [2.05, 4.69) is 6.07 Å². The summed E-state index contributed by atoms with van der Waals surface area (Å²) in [4.78, 5) is 11.8. The quantitative estimate of drug-likeness (QED) is 0.477. The number of esters is 1. The molecule has 0 saturated heterocycles. The van der Waals surface area contributed by atoms with Gasteiger partial charge in [-0.05, 0) is 30.5 Å². The van der Waals surface area contributed by atoms with E-state index in [4.69, 9.17) is 4.74 Å². The lowest BCUT2D eigenvalue weighted by Gasteiger charge is -2.09. The van der Waals surface area contributed by atoms with Crippen molar-refractivity contribution in [2.45, 2.75) is 38.0 Å². The first kappa shape index (κ1) is 17.7. The lowest BCUT2D eigenvalue weighted by molar-refractivity contribution is 0.0497. The van der Waals surface area contributed by atoms with Gasteiger partial charge in [0.05, 0.1) is 24.2 Å². The Morgan fingerprint density at radius 1 is 0.917 bits per heavy atom. The Labute approximate surface area is 143 Å². The van der Waals surface area contributed by atoms with E-state index >= 15 is 0 Å². The lowest BCUT2D eigenvalue weighted by Crippen LogP contribution is -2.06. The maximum atomic E-state index is 11.8. The summed E-state index contributed by atoms with van der Waals surface area (Å²) in [6.45, 7) is 0.452. The summed E-state index contributed by atoms with van der Waals surface area (Å²) in [5.41, 5.74) is 1.69. The van der Waals surface area contributed by atoms with Crippen molar-refractivity contribution in [2.24, 2.45) is 0 Å². The molecule has 0 N–H and O–H groups in total. The molecule has 2 aromatic carbocycles. The molecular formula is C21H23NO2. The fourth-order valence-corrected chi connectivity index (χ4v) is 2.62. The summed E-state index contributed by atoms with van der Waals surface area (Å²) in [6, 6.07) is 21.4. The second-order valence-corrected chi connectivity index (χ2v) is 5.80. The molecule has 0 fully saturated rings. The minimum atomic E-state index is -0.260. The molecule has 1 unspecified atom stereocenters. The van der Waals surface area contributed by atoms with E-state index in [1.165, 1.54) is 0 Å². The van der Waals surface area contributed by atoms with Crippen molar-refractivity contribution in [1.82, 2.24) is 0 Å². The Morgan fingerprint density at radius 3 is 2.21 bits per heavy atom. The molecule has 0 spiro atoms. The summed E-state index contributed by atoms with van der Waals surface area (Å²) in [6.07, 6.45) is 4.81. The van der Waals surface area contributed by atoms with Crippen molar-refractivity contribution in [3.63, 3.8) is 0 Å². The Morgan fingerprint density at radius 2 is 1.54 bits per heavy atom. The molecule has 1 atom stereocenters. The van der Waals surface area contributed by atoms with Crippen molar-refractivity contribution in [3.05, 3.63) is 71.8 Å². The summed E-state index contributed by atoms with van der Waals surface area (Å²) in [5.74, 6) is -0.286. The maximum Gasteiger partial charge on any atom is 0.338 e. The molecule has 2 rings (SSSR count). The number of ether oxygens (including phenoxy) is 1. The number of hydrogen-bond donors (Lipinski definition) is 0. The summed E-state index contributed by atoms with van der Waals surface area (Å²) in [5, 5.41) is 9.28. The van der Waals surface area contributed by atoms with Gasteiger partial charge in [-0.15, -0.1) is 0 Å². The highest BCUT2D eigenvalue weighted by molar-refractivity contribution is 5.89. The highest BCUT2D eigenvalue weighted by Gasteiger charge is 2.09. The molecule has 0 saturated carbocycles. The van der Waals surface area contributed by atoms with Gasteiger partial charge in [0.2, 0.25) is 0 Å². The number of nitriles is 1. The van der Waals surface area contributed by atoms with Gasteiger partial charge in [-0.25, -0.2) is 4.79 Å². The van der Waals surface area contributed by atoms with Crippen LogP contribution >= 0.6 is 0 Å². The maximum absolute atomic E-state index is 11.8. The molecular weight excluding hydrogens is 298 g/mol. The topological polar surface area (TPSA) is 50.1 Å². The van der Waals surface area contributed by atoms with E-state index in [1.807, 2.05) is 48.5 Å². The van der Waals surface area contributed by atoms with Crippen LogP contribution in [0.15, 0.2) is 60.7 Å². The van der Waals surface area contributed by atoms with Crippen molar-refractivity contribution in [3.8, 4) is 6.07 Å². The van der Waals surface area contributed by atoms with Gasteiger partial charge < -0.3 is 4.74 Å². The van der Waals surface area contributed by atoms with E-state index in [1.54, 1.807) is 12.1 Å². The first-order valence-corrected chi connectivity index (χ1v) is 8.48. The summed E-state index contributed by atoms with van der Waals surface area (Å²) >= 11 is 0. The van der Waals surface area contributed by atoms with Gasteiger partial charge >= 0.3 is 5.97 Å². The fourth-order valence-electron chi connectivity index (χ4n) is 2.62. The highest BCUT2D eigenvalue weighted by atomic mass is 16.5. The third kappa shape index (κ3) is 5.89. The molecule has 3 nitrogen and oxygen atoms in total. The normalized spacial score (nSPS) is 11.5. The van der Waals surface area contributed by atoms with Crippen LogP contribution in [0, 0.1) is 11.3 Å². The second kappa shape index (κ2) is 10.2. The predicted molar refractivity (Wildman–Crippen MR) is 94.6 cm³/mol. The number of carbonyl (C=O) groups is 1. The molecule has 0 aliphatic carbocycles. The van der Waals surface area contributed by atoms with Crippen molar-refractivity contribution < 1.29 is 9.53 Å². The largest absolute Gasteiger partial charge is 0.462 e. The minimum absolute atomic E-state index is 0.0258. The number of benzene rings is 2. The Hall–Kier alpha value is -2.60. The van der Waals surface area contributed by atoms with Gasteiger partial charge in [0.25, 0.3) is 0 Å². The SMILES string of the molecule is N#CC(CCCCCCOC(=O)c1ccccc1)c1ccccc1. The lowest BCUT2D eigenvalue weighted by atomic mass is 9.94. The zero-order valence-electron chi connectivity index (χ0n) is 13.9. The second-order valence-electron chi connectivity index (χ2n) is 5.80. The van der Waals surface area contributed by atoms with Crippen molar-refractivity contribution in [2.75, 3.05) is 6.61 Å². The molecule has 3 heteroatoms. The van der Waals surface area contributed by atoms with Crippen molar-refractivity contribution in [1.29, 1.82) is 5.26 Å². The Balaban J connectivity index is 1.57. The van der Waals surface area contributed by atoms with Gasteiger partial charge in [0, 0.05) is 0 Å². The van der Waals surface area contributed by atoms with Crippen LogP contribution < -0.4 is 0 Å². The average molecular weight is 321 g/mol. The van der Waals surface area contributed by atoms with E-state index in [9.17, 15) is 10.1 Å². The van der Waals surface area contributed by atoms with Crippen LogP contribution in [0.25, 0.3) is 0 Å². The highest BCUT2D eigenvalue weighted by Crippen LogP contribution is 2.21. The standard InChI is InChI=1S/C21H23NO2/c22-17-20(18-11-6-3-7-12-18)15-5-1-2-10-16-24-21(23)19-13-8-4-9-14-19/h3-4,6-9,11-14,20H,1-2,5,10,15-16H2. The van der Waals surface area contributed by atoms with Gasteiger partial charge in [0.1, 0.15) is 0 Å². The third-order valence-corrected chi connectivity index (χ3v) is 3.99. The third-order valence-electron chi connectivity index (χ3n) is 3.99. The molecule has 0 aliphatic heterocycles. The minimum Gasteiger partial charge on any atom is -0.462 e. The van der Waals surface area contributed by atoms with Gasteiger partial charge in [0.15, 0.2) is 0 Å². The molecule has 0 heterocycles. The number of carbonyl (C=O) groups excluding carboxylic acids is 1. The molecule has 124 valence electrons. The number of unbranched alkanes of at least 4 members (excludes halogenated alkanes) is 3. The zero-order chi connectivity index (χ0) is 17.0. The Kier molecular flexibility index (Phi) is 7.56. The van der Waals surface area contributed by atoms with Gasteiger partial charge in [-0.1, -0.05) is 67.8 Å². The zero-order valence-corrected chi connectivity index (χ0v) is 13.9. The van der Waals surface area contributed by atoms with Crippen LogP contribution in [0.1, 0.15) is 53.9 Å². The summed E-state index contributed by atoms with van der Waals surface area (Å²) < 4.78 is 5.25. The number of nitrogens with zero attached hydrogens (tertiary/aromatic N) is 1. The van der Waals surface area contributed by atoms with Crippen LogP contribution in [-0.4, -0.2) is 12.6 Å². The molecule has 0 radical (unpaired) electrons. The van der Waals surface area contributed by atoms with E-state index in [0.29, 0.717) is 12.2 Å². The van der Waals surface area contributed by atoms with Crippen LogP contribution in [0.5, 0.6) is 0 Å². The van der Waals surface area contributed by atoms with Crippen molar-refractivity contribution >= 4 is 5.97 Å². The monoisotopic (exact) mass is 321 g/mol. The number of rotatable bonds is 9. The molecule has 0 bridgehead atoms. The van der Waals surface area contributed by atoms with Crippen LogP contribution in [0.3, 0.4) is 0 Å². The van der Waals surface area contributed by atoms with Gasteiger partial charge in [-0.3, -0.25) is 0 Å². The van der Waals surface area contributed by atoms with Crippen LogP contribution in [0.4, 0.5) is 0 Å². The van der Waals surface area contributed by atoms with E-state index in [0.717, 1.165) is 37.7 Å². The molecule has 0 aromatic heterocycles. The van der Waals surface area contributed by atoms with Gasteiger partial charge in [-0.2, -0.15) is 5.26 Å². The smallest absolute Gasteiger partial charge is 0.338 e. The summed E-state index contributed by atoms with van der Waals surface area (Å²) in [7, 11) is 0. The molecule has 0 aliphatic rings. The Bertz CT molecular complexity index is 647. The average Bonchev–Trinajstić information content (AvgIpc) is 2.65. The van der Waals surface area contributed by atoms with Crippen LogP contribution in [-0.2, 0) is 4.74 Å². The first-order valence-electron chi connectivity index (χ1n) is 8.48. The fraction of sp³-hybridized carbons (Fsp3) is 0.333. The number of hydrogen-bond acceptors (Lipinski definition) is 3. The predicted octanol–water partition coefficient (Wildman–Crippen LogP) is 5.10.